The van der Waals surface area contributed by atoms with E-state index in [1.165, 1.54) is 17.4 Å². The Morgan fingerprint density at radius 1 is 1.30 bits per heavy atom. The number of nitrogens with one attached hydrogen (secondary N) is 1. The van der Waals surface area contributed by atoms with Crippen LogP contribution in [0.4, 0.5) is 0 Å². The van der Waals surface area contributed by atoms with Gasteiger partial charge in [-0.2, -0.15) is 4.72 Å². The Morgan fingerprint density at radius 3 is 2.20 bits per heavy atom. The summed E-state index contributed by atoms with van der Waals surface area (Å²) in [5, 5.41) is 9.06. The number of hydrogen-bond acceptors (Lipinski definition) is 4. The summed E-state index contributed by atoms with van der Waals surface area (Å²) in [6.45, 7) is 9.32. The number of sulfonamides is 1. The molecule has 1 unspecified atom stereocenters. The maximum Gasteiger partial charge on any atom is 0.322 e. The number of rotatable bonds is 5. The van der Waals surface area contributed by atoms with Crippen LogP contribution >= 0.6 is 11.3 Å². The highest BCUT2D eigenvalue weighted by Gasteiger charge is 2.29. The standard InChI is InChI=1S/C13H21NO4S2/c1-8(2)11(12(15)16)14-20(17,18)10-7-6-9(19-10)13(3,4)5/h6-8,11,14H,1-5H3,(H,15,16). The van der Waals surface area contributed by atoms with E-state index in [4.69, 9.17) is 5.11 Å². The minimum atomic E-state index is -3.80. The molecule has 1 aromatic rings. The first-order valence-electron chi connectivity index (χ1n) is 6.30. The molecule has 0 aliphatic heterocycles. The second-order valence-electron chi connectivity index (χ2n) is 6.05. The van der Waals surface area contributed by atoms with E-state index in [0.717, 1.165) is 4.88 Å². The first kappa shape index (κ1) is 17.1. The minimum Gasteiger partial charge on any atom is -0.480 e. The fourth-order valence-electron chi connectivity index (χ4n) is 1.56. The molecule has 1 aromatic heterocycles. The molecule has 114 valence electrons. The van der Waals surface area contributed by atoms with E-state index < -0.39 is 22.0 Å². The predicted molar refractivity (Wildman–Crippen MR) is 79.6 cm³/mol. The molecule has 0 aliphatic carbocycles. The summed E-state index contributed by atoms with van der Waals surface area (Å²) in [4.78, 5) is 12.0. The zero-order valence-corrected chi connectivity index (χ0v) is 13.9. The maximum atomic E-state index is 12.2. The van der Waals surface area contributed by atoms with Crippen LogP contribution in [-0.4, -0.2) is 25.5 Å². The fourth-order valence-corrected chi connectivity index (χ4v) is 4.28. The summed E-state index contributed by atoms with van der Waals surface area (Å²) in [5.74, 6) is -1.50. The molecule has 0 saturated carbocycles. The second kappa shape index (κ2) is 5.83. The van der Waals surface area contributed by atoms with Gasteiger partial charge >= 0.3 is 5.97 Å². The van der Waals surface area contributed by atoms with Crippen molar-refractivity contribution in [2.45, 2.75) is 50.3 Å². The van der Waals surface area contributed by atoms with Crippen LogP contribution in [0.25, 0.3) is 0 Å². The third-order valence-electron chi connectivity index (χ3n) is 2.80. The molecule has 0 aliphatic rings. The van der Waals surface area contributed by atoms with Crippen LogP contribution in [-0.2, 0) is 20.2 Å². The van der Waals surface area contributed by atoms with Gasteiger partial charge in [0, 0.05) is 4.88 Å². The van der Waals surface area contributed by atoms with Crippen LogP contribution in [0.5, 0.6) is 0 Å². The topological polar surface area (TPSA) is 83.5 Å². The van der Waals surface area contributed by atoms with Gasteiger partial charge in [0.1, 0.15) is 10.3 Å². The largest absolute Gasteiger partial charge is 0.480 e. The Kier molecular flexibility index (Phi) is 4.99. The van der Waals surface area contributed by atoms with E-state index in [-0.39, 0.29) is 15.5 Å². The van der Waals surface area contributed by atoms with Crippen molar-refractivity contribution in [3.8, 4) is 0 Å². The first-order valence-corrected chi connectivity index (χ1v) is 8.60. The van der Waals surface area contributed by atoms with Gasteiger partial charge in [-0.3, -0.25) is 4.79 Å². The van der Waals surface area contributed by atoms with Gasteiger partial charge in [0.2, 0.25) is 0 Å². The molecular weight excluding hydrogens is 298 g/mol. The van der Waals surface area contributed by atoms with Crippen molar-refractivity contribution in [2.24, 2.45) is 5.92 Å². The Labute approximate surface area is 124 Å². The Morgan fingerprint density at radius 2 is 1.85 bits per heavy atom. The average Bonchev–Trinajstić information content (AvgIpc) is 2.74. The van der Waals surface area contributed by atoms with Crippen molar-refractivity contribution in [2.75, 3.05) is 0 Å². The van der Waals surface area contributed by atoms with Crippen LogP contribution in [0.15, 0.2) is 16.3 Å². The molecule has 20 heavy (non-hydrogen) atoms. The highest BCUT2D eigenvalue weighted by Crippen LogP contribution is 2.31. The molecule has 0 fully saturated rings. The smallest absolute Gasteiger partial charge is 0.322 e. The van der Waals surface area contributed by atoms with Gasteiger partial charge in [-0.15, -0.1) is 11.3 Å². The molecule has 0 aromatic carbocycles. The van der Waals surface area contributed by atoms with Crippen molar-refractivity contribution in [3.05, 3.63) is 17.0 Å². The lowest BCUT2D eigenvalue weighted by atomic mass is 9.95. The van der Waals surface area contributed by atoms with E-state index in [2.05, 4.69) is 4.72 Å². The van der Waals surface area contributed by atoms with Gasteiger partial charge in [-0.25, -0.2) is 8.42 Å². The summed E-state index contributed by atoms with van der Waals surface area (Å²) < 4.78 is 26.9. The lowest BCUT2D eigenvalue weighted by molar-refractivity contribution is -0.140. The predicted octanol–water partition coefficient (Wildman–Crippen LogP) is 2.43. The van der Waals surface area contributed by atoms with E-state index in [1.807, 2.05) is 20.8 Å². The molecule has 0 bridgehead atoms. The monoisotopic (exact) mass is 319 g/mol. The number of thiophene rings is 1. The highest BCUT2D eigenvalue weighted by molar-refractivity contribution is 7.91. The van der Waals surface area contributed by atoms with Crippen LogP contribution < -0.4 is 4.72 Å². The fraction of sp³-hybridized carbons (Fsp3) is 0.615. The number of carboxylic acids is 1. The van der Waals surface area contributed by atoms with Gasteiger partial charge in [0.25, 0.3) is 10.0 Å². The van der Waals surface area contributed by atoms with Gasteiger partial charge in [-0.05, 0) is 23.5 Å². The van der Waals surface area contributed by atoms with Gasteiger partial charge in [0.05, 0.1) is 0 Å². The van der Waals surface area contributed by atoms with Crippen molar-refractivity contribution in [1.82, 2.24) is 4.72 Å². The van der Waals surface area contributed by atoms with Gasteiger partial charge in [0.15, 0.2) is 0 Å². The highest BCUT2D eigenvalue weighted by atomic mass is 32.2. The Bertz CT molecular complexity index is 582. The van der Waals surface area contributed by atoms with Crippen LogP contribution in [0, 0.1) is 5.92 Å². The SMILES string of the molecule is CC(C)C(NS(=O)(=O)c1ccc(C(C)(C)C)s1)C(=O)O. The normalized spacial score (nSPS) is 14.5. The Hall–Kier alpha value is -0.920. The van der Waals surface area contributed by atoms with Gasteiger partial charge < -0.3 is 5.11 Å². The third-order valence-corrected chi connectivity index (χ3v) is 6.24. The Balaban J connectivity index is 3.05. The van der Waals surface area contributed by atoms with E-state index >= 15 is 0 Å². The number of aliphatic carboxylic acids is 1. The van der Waals surface area contributed by atoms with E-state index in [0.29, 0.717) is 0 Å². The van der Waals surface area contributed by atoms with Crippen molar-refractivity contribution in [1.29, 1.82) is 0 Å². The lowest BCUT2D eigenvalue weighted by Crippen LogP contribution is -2.43. The van der Waals surface area contributed by atoms with Crippen LogP contribution in [0.2, 0.25) is 0 Å². The minimum absolute atomic E-state index is 0.136. The molecule has 1 rings (SSSR count). The van der Waals surface area contributed by atoms with E-state index in [1.54, 1.807) is 19.9 Å². The van der Waals surface area contributed by atoms with Gasteiger partial charge in [-0.1, -0.05) is 34.6 Å². The van der Waals surface area contributed by atoms with Crippen LogP contribution in [0.3, 0.4) is 0 Å². The molecule has 1 atom stereocenters. The average molecular weight is 319 g/mol. The molecule has 5 nitrogen and oxygen atoms in total. The second-order valence-corrected chi connectivity index (χ2v) is 9.07. The van der Waals surface area contributed by atoms with Crippen molar-refractivity contribution >= 4 is 27.3 Å². The first-order chi connectivity index (χ1) is 8.95. The van der Waals surface area contributed by atoms with E-state index in [9.17, 15) is 13.2 Å². The number of carboxylic acid groups (broad SMARTS) is 1. The number of hydrogen-bond donors (Lipinski definition) is 2. The molecule has 1 heterocycles. The molecule has 0 radical (unpaired) electrons. The summed E-state index contributed by atoms with van der Waals surface area (Å²) in [6.07, 6.45) is 0. The molecular formula is C13H21NO4S2. The zero-order valence-electron chi connectivity index (χ0n) is 12.3. The van der Waals surface area contributed by atoms with Crippen LogP contribution in [0.1, 0.15) is 39.5 Å². The molecule has 2 N–H and O–H groups in total. The number of carbonyl (C=O) groups is 1. The summed E-state index contributed by atoms with van der Waals surface area (Å²) in [5.41, 5.74) is -0.136. The third kappa shape index (κ3) is 4.04. The molecule has 0 saturated heterocycles. The molecule has 0 spiro atoms. The summed E-state index contributed by atoms with van der Waals surface area (Å²) in [6, 6.07) is 2.16. The summed E-state index contributed by atoms with van der Waals surface area (Å²) >= 11 is 1.17. The van der Waals surface area contributed by atoms with Crippen molar-refractivity contribution in [3.63, 3.8) is 0 Å². The lowest BCUT2D eigenvalue weighted by Gasteiger charge is -2.17. The quantitative estimate of drug-likeness (QED) is 0.873. The zero-order chi connectivity index (χ0) is 15.7. The molecule has 7 heteroatoms. The molecule has 0 amide bonds. The maximum absolute atomic E-state index is 12.2. The van der Waals surface area contributed by atoms with Crippen molar-refractivity contribution < 1.29 is 18.3 Å². The summed E-state index contributed by atoms with van der Waals surface area (Å²) in [7, 11) is -3.80.